The topological polar surface area (TPSA) is 81.8 Å². The van der Waals surface area contributed by atoms with E-state index in [4.69, 9.17) is 4.84 Å². The highest BCUT2D eigenvalue weighted by molar-refractivity contribution is 5.90. The standard InChI is InChI=1S/C14H10N2O4/c17-14(12-6-8-13(9-7-12)16(18)19)20-15-10-11-4-2-1-3-5-11/h1-10H/b15-10-. The van der Waals surface area contributed by atoms with E-state index in [0.29, 0.717) is 0 Å². The van der Waals surface area contributed by atoms with Gasteiger partial charge in [0.2, 0.25) is 0 Å². The lowest BCUT2D eigenvalue weighted by atomic mass is 10.2. The summed E-state index contributed by atoms with van der Waals surface area (Å²) in [6, 6.07) is 14.2. The van der Waals surface area contributed by atoms with Gasteiger partial charge in [0.15, 0.2) is 0 Å². The van der Waals surface area contributed by atoms with Gasteiger partial charge in [-0.1, -0.05) is 35.5 Å². The summed E-state index contributed by atoms with van der Waals surface area (Å²) in [5, 5.41) is 14.0. The summed E-state index contributed by atoms with van der Waals surface area (Å²) in [7, 11) is 0. The van der Waals surface area contributed by atoms with E-state index in [9.17, 15) is 14.9 Å². The normalized spacial score (nSPS) is 10.4. The number of hydrogen-bond donors (Lipinski definition) is 0. The van der Waals surface area contributed by atoms with Gasteiger partial charge in [0.05, 0.1) is 16.7 Å². The third kappa shape index (κ3) is 3.49. The number of oxime groups is 1. The van der Waals surface area contributed by atoms with Crippen molar-refractivity contribution >= 4 is 17.9 Å². The summed E-state index contributed by atoms with van der Waals surface area (Å²) in [6.07, 6.45) is 1.41. The first-order chi connectivity index (χ1) is 9.66. The van der Waals surface area contributed by atoms with E-state index in [1.54, 1.807) is 0 Å². The largest absolute Gasteiger partial charge is 0.365 e. The molecule has 0 atom stereocenters. The maximum Gasteiger partial charge on any atom is 0.365 e. The van der Waals surface area contributed by atoms with Gasteiger partial charge in [-0.2, -0.15) is 0 Å². The zero-order valence-corrected chi connectivity index (χ0v) is 10.3. The van der Waals surface area contributed by atoms with Crippen molar-refractivity contribution in [3.8, 4) is 0 Å². The minimum atomic E-state index is -0.674. The van der Waals surface area contributed by atoms with Crippen molar-refractivity contribution in [1.82, 2.24) is 0 Å². The average Bonchev–Trinajstić information content (AvgIpc) is 2.48. The number of rotatable bonds is 4. The van der Waals surface area contributed by atoms with Crippen molar-refractivity contribution < 1.29 is 14.6 Å². The van der Waals surface area contributed by atoms with Gasteiger partial charge < -0.3 is 4.84 Å². The Morgan fingerprint density at radius 3 is 2.35 bits per heavy atom. The molecule has 6 heteroatoms. The summed E-state index contributed by atoms with van der Waals surface area (Å²) in [6.45, 7) is 0. The van der Waals surface area contributed by atoms with Crippen LogP contribution in [0.3, 0.4) is 0 Å². The summed E-state index contributed by atoms with van der Waals surface area (Å²) in [5.74, 6) is -0.674. The number of benzene rings is 2. The molecule has 0 radical (unpaired) electrons. The monoisotopic (exact) mass is 270 g/mol. The van der Waals surface area contributed by atoms with E-state index in [1.807, 2.05) is 30.3 Å². The molecule has 0 heterocycles. The van der Waals surface area contributed by atoms with Crippen LogP contribution < -0.4 is 0 Å². The summed E-state index contributed by atoms with van der Waals surface area (Å²) < 4.78 is 0. The van der Waals surface area contributed by atoms with Gasteiger partial charge >= 0.3 is 5.97 Å². The Morgan fingerprint density at radius 2 is 1.75 bits per heavy atom. The average molecular weight is 270 g/mol. The zero-order valence-electron chi connectivity index (χ0n) is 10.3. The van der Waals surface area contributed by atoms with E-state index in [1.165, 1.54) is 30.5 Å². The van der Waals surface area contributed by atoms with Crippen LogP contribution in [0.5, 0.6) is 0 Å². The van der Waals surface area contributed by atoms with Crippen LogP contribution in [-0.4, -0.2) is 17.1 Å². The van der Waals surface area contributed by atoms with Crippen LogP contribution in [0, 0.1) is 10.1 Å². The van der Waals surface area contributed by atoms with Gasteiger partial charge in [-0.3, -0.25) is 10.1 Å². The summed E-state index contributed by atoms with van der Waals surface area (Å²) >= 11 is 0. The van der Waals surface area contributed by atoms with Crippen molar-refractivity contribution in [2.45, 2.75) is 0 Å². The van der Waals surface area contributed by atoms with E-state index in [2.05, 4.69) is 5.16 Å². The fraction of sp³-hybridized carbons (Fsp3) is 0. The van der Waals surface area contributed by atoms with Gasteiger partial charge in [0.1, 0.15) is 0 Å². The molecule has 0 spiro atoms. The number of nitro benzene ring substituents is 1. The Morgan fingerprint density at radius 1 is 1.10 bits per heavy atom. The molecular formula is C14H10N2O4. The third-order valence-electron chi connectivity index (χ3n) is 2.45. The first-order valence-electron chi connectivity index (χ1n) is 5.71. The van der Waals surface area contributed by atoms with Crippen molar-refractivity contribution in [2.24, 2.45) is 5.16 Å². The van der Waals surface area contributed by atoms with Crippen LogP contribution in [0.4, 0.5) is 5.69 Å². The van der Waals surface area contributed by atoms with Crippen LogP contribution in [0.2, 0.25) is 0 Å². The molecule has 20 heavy (non-hydrogen) atoms. The molecular weight excluding hydrogens is 260 g/mol. The first-order valence-corrected chi connectivity index (χ1v) is 5.71. The van der Waals surface area contributed by atoms with E-state index >= 15 is 0 Å². The number of nitro groups is 1. The molecule has 0 aliphatic carbocycles. The van der Waals surface area contributed by atoms with Crippen molar-refractivity contribution in [3.05, 3.63) is 75.8 Å². The second kappa shape index (κ2) is 6.24. The molecule has 2 aromatic rings. The summed E-state index contributed by atoms with van der Waals surface area (Å²) in [4.78, 5) is 26.2. The maximum atomic E-state index is 11.6. The molecule has 0 amide bonds. The van der Waals surface area contributed by atoms with Crippen molar-refractivity contribution in [2.75, 3.05) is 0 Å². The second-order valence-corrected chi connectivity index (χ2v) is 3.83. The Bertz CT molecular complexity index is 636. The van der Waals surface area contributed by atoms with E-state index < -0.39 is 10.9 Å². The lowest BCUT2D eigenvalue weighted by Gasteiger charge is -1.97. The quantitative estimate of drug-likeness (QED) is 0.370. The Kier molecular flexibility index (Phi) is 4.18. The molecule has 0 aromatic heterocycles. The SMILES string of the molecule is O=C(O/N=C\c1ccccc1)c1ccc([N+](=O)[O-])cc1. The van der Waals surface area contributed by atoms with Crippen molar-refractivity contribution in [3.63, 3.8) is 0 Å². The third-order valence-corrected chi connectivity index (χ3v) is 2.45. The van der Waals surface area contributed by atoms with E-state index in [0.717, 1.165) is 5.56 Å². The summed E-state index contributed by atoms with van der Waals surface area (Å²) in [5.41, 5.74) is 0.902. The smallest absolute Gasteiger partial charge is 0.313 e. The number of carbonyl (C=O) groups is 1. The highest BCUT2D eigenvalue weighted by Crippen LogP contribution is 2.12. The lowest BCUT2D eigenvalue weighted by Crippen LogP contribution is -2.01. The van der Waals surface area contributed by atoms with Gasteiger partial charge in [0.25, 0.3) is 5.69 Å². The molecule has 0 unspecified atom stereocenters. The Hall–Kier alpha value is -3.02. The van der Waals surface area contributed by atoms with Crippen LogP contribution >= 0.6 is 0 Å². The molecule has 0 saturated heterocycles. The van der Waals surface area contributed by atoms with Gasteiger partial charge in [0, 0.05) is 12.1 Å². The molecule has 0 aliphatic rings. The van der Waals surface area contributed by atoms with Gasteiger partial charge in [-0.25, -0.2) is 4.79 Å². The van der Waals surface area contributed by atoms with Crippen LogP contribution in [0.1, 0.15) is 15.9 Å². The molecule has 0 fully saturated rings. The highest BCUT2D eigenvalue weighted by Gasteiger charge is 2.10. The first kappa shape index (κ1) is 13.4. The van der Waals surface area contributed by atoms with E-state index in [-0.39, 0.29) is 11.3 Å². The Labute approximate surface area is 114 Å². The molecule has 100 valence electrons. The predicted octanol–water partition coefficient (Wildman–Crippen LogP) is 2.79. The number of non-ortho nitro benzene ring substituents is 1. The molecule has 6 nitrogen and oxygen atoms in total. The number of nitrogens with zero attached hydrogens (tertiary/aromatic N) is 2. The fourth-order valence-corrected chi connectivity index (χ4v) is 1.45. The maximum absolute atomic E-state index is 11.6. The second-order valence-electron chi connectivity index (χ2n) is 3.83. The van der Waals surface area contributed by atoms with Crippen LogP contribution in [0.15, 0.2) is 59.8 Å². The lowest BCUT2D eigenvalue weighted by molar-refractivity contribution is -0.384. The molecule has 2 rings (SSSR count). The minimum absolute atomic E-state index is 0.0886. The number of hydrogen-bond acceptors (Lipinski definition) is 5. The Balaban J connectivity index is 1.98. The minimum Gasteiger partial charge on any atom is -0.313 e. The van der Waals surface area contributed by atoms with Crippen molar-refractivity contribution in [1.29, 1.82) is 0 Å². The molecule has 0 saturated carbocycles. The zero-order chi connectivity index (χ0) is 14.4. The van der Waals surface area contributed by atoms with Crippen LogP contribution in [-0.2, 0) is 4.84 Å². The molecule has 0 bridgehead atoms. The highest BCUT2D eigenvalue weighted by atomic mass is 16.7. The van der Waals surface area contributed by atoms with Crippen LogP contribution in [0.25, 0.3) is 0 Å². The van der Waals surface area contributed by atoms with Gasteiger partial charge in [-0.05, 0) is 17.7 Å². The predicted molar refractivity (Wildman–Crippen MR) is 72.5 cm³/mol. The molecule has 0 N–H and O–H groups in total. The molecule has 2 aromatic carbocycles. The molecule has 0 aliphatic heterocycles. The van der Waals surface area contributed by atoms with Gasteiger partial charge in [-0.15, -0.1) is 0 Å². The fourth-order valence-electron chi connectivity index (χ4n) is 1.45. The number of carbonyl (C=O) groups excluding carboxylic acids is 1.